The summed E-state index contributed by atoms with van der Waals surface area (Å²) >= 11 is 0. The highest BCUT2D eigenvalue weighted by Crippen LogP contribution is 2.37. The molecule has 0 aliphatic heterocycles. The number of nitrogens with one attached hydrogen (secondary N) is 1. The number of alkyl halides is 1. The minimum absolute atomic E-state index is 0.0357. The Labute approximate surface area is 205 Å². The topological polar surface area (TPSA) is 126 Å². The zero-order valence-corrected chi connectivity index (χ0v) is 20.9. The van der Waals surface area contributed by atoms with Crippen molar-refractivity contribution >= 4 is 20.9 Å². The third-order valence-electron chi connectivity index (χ3n) is 6.48. The van der Waals surface area contributed by atoms with Crippen molar-refractivity contribution in [3.8, 4) is 0 Å². The minimum Gasteiger partial charge on any atom is -0.287 e. The van der Waals surface area contributed by atoms with Crippen LogP contribution >= 0.6 is 0 Å². The van der Waals surface area contributed by atoms with Crippen LogP contribution in [0.15, 0.2) is 51.1 Å². The van der Waals surface area contributed by atoms with Crippen LogP contribution in [0, 0.1) is 6.92 Å². The van der Waals surface area contributed by atoms with Crippen molar-refractivity contribution in [3.63, 3.8) is 0 Å². The van der Waals surface area contributed by atoms with Crippen LogP contribution in [0.4, 0.5) is 4.39 Å². The second-order valence-electron chi connectivity index (χ2n) is 9.38. The number of fused-ring (bicyclic) bond motifs is 1. The Morgan fingerprint density at radius 1 is 1.11 bits per heavy atom. The molecule has 1 aromatic carbocycles. The Morgan fingerprint density at radius 2 is 1.86 bits per heavy atom. The zero-order chi connectivity index (χ0) is 25.8. The van der Waals surface area contributed by atoms with E-state index in [9.17, 15) is 22.4 Å². The third-order valence-corrected chi connectivity index (χ3v) is 8.06. The quantitative estimate of drug-likeness (QED) is 0.370. The lowest BCUT2D eigenvalue weighted by molar-refractivity contribution is 0.393. The smallest absolute Gasteiger partial charge is 0.287 e. The Morgan fingerprint density at radius 3 is 2.44 bits per heavy atom. The number of halogens is 1. The summed E-state index contributed by atoms with van der Waals surface area (Å²) in [6.45, 7) is 1.12. The van der Waals surface area contributed by atoms with Gasteiger partial charge in [-0.25, -0.2) is 22.3 Å². The average Bonchev–Trinajstić information content (AvgIpc) is 3.35. The number of aryl methyl sites for hydroxylation is 3. The summed E-state index contributed by atoms with van der Waals surface area (Å²) in [6, 6.07) is 5.86. The highest BCUT2D eigenvalue weighted by atomic mass is 32.2. The first-order valence-corrected chi connectivity index (χ1v) is 12.8. The van der Waals surface area contributed by atoms with Crippen LogP contribution in [0.25, 0.3) is 10.9 Å². The number of hydrogen-bond acceptors (Lipinski definition) is 6. The van der Waals surface area contributed by atoms with Gasteiger partial charge in [-0.2, -0.15) is 10.2 Å². The van der Waals surface area contributed by atoms with Crippen molar-refractivity contribution < 1.29 is 12.8 Å². The summed E-state index contributed by atoms with van der Waals surface area (Å²) < 4.78 is 47.5. The predicted octanol–water partition coefficient (Wildman–Crippen LogP) is 0.816. The predicted molar refractivity (Wildman–Crippen MR) is 130 cm³/mol. The maximum absolute atomic E-state index is 13.6. The monoisotopic (exact) mass is 515 g/mol. The maximum atomic E-state index is 13.6. The van der Waals surface area contributed by atoms with E-state index in [4.69, 9.17) is 0 Å². The normalized spacial score (nSPS) is 15.0. The van der Waals surface area contributed by atoms with E-state index in [2.05, 4.69) is 14.9 Å². The second-order valence-corrected chi connectivity index (χ2v) is 11.1. The fraction of sp³-hybridized carbons (Fsp3) is 0.391. The summed E-state index contributed by atoms with van der Waals surface area (Å²) in [5, 5.41) is 8.48. The van der Waals surface area contributed by atoms with Crippen LogP contribution in [0.5, 0.6) is 0 Å². The largest absolute Gasteiger partial charge is 0.332 e. The number of hydrogen-bond donors (Lipinski definition) is 1. The van der Waals surface area contributed by atoms with E-state index in [0.717, 1.165) is 16.0 Å². The summed E-state index contributed by atoms with van der Waals surface area (Å²) in [5.74, 6) is 0. The Kier molecular flexibility index (Phi) is 5.71. The molecule has 0 atom stereocenters. The molecule has 0 spiro atoms. The van der Waals surface area contributed by atoms with Gasteiger partial charge in [0.25, 0.3) is 5.56 Å². The van der Waals surface area contributed by atoms with Crippen molar-refractivity contribution in [2.45, 2.75) is 43.3 Å². The van der Waals surface area contributed by atoms with Gasteiger partial charge in [-0.15, -0.1) is 0 Å². The number of benzene rings is 1. The van der Waals surface area contributed by atoms with Crippen LogP contribution in [0.1, 0.15) is 29.8 Å². The number of rotatable bonds is 8. The molecule has 0 bridgehead atoms. The van der Waals surface area contributed by atoms with Gasteiger partial charge in [0.1, 0.15) is 6.67 Å². The van der Waals surface area contributed by atoms with Crippen molar-refractivity contribution in [3.05, 3.63) is 74.4 Å². The summed E-state index contributed by atoms with van der Waals surface area (Å²) in [5.41, 5.74) is 0.192. The Bertz CT molecular complexity index is 1710. The van der Waals surface area contributed by atoms with Crippen LogP contribution in [-0.4, -0.2) is 49.3 Å². The highest BCUT2D eigenvalue weighted by molar-refractivity contribution is 7.89. The van der Waals surface area contributed by atoms with Crippen LogP contribution < -0.4 is 16.0 Å². The molecule has 3 aromatic heterocycles. The van der Waals surface area contributed by atoms with Crippen molar-refractivity contribution in [1.82, 2.24) is 33.4 Å². The summed E-state index contributed by atoms with van der Waals surface area (Å²) in [4.78, 5) is 26.9. The molecule has 0 saturated heterocycles. The van der Waals surface area contributed by atoms with E-state index in [0.29, 0.717) is 18.4 Å². The second kappa shape index (κ2) is 8.52. The molecule has 1 saturated carbocycles. The van der Waals surface area contributed by atoms with Gasteiger partial charge in [-0.1, -0.05) is 0 Å². The number of aromatic nitrogens is 6. The standard InChI is InChI=1S/C23H26FN7O4S/c1-15-8-17(29(3)26-15)13-30-20-5-4-18(36(34,35)27-23(14-24)6-7-23)9-19(20)21(32)31(22(30)33)12-16-10-25-28(2)11-16/h4-5,8-11,27H,6-7,12-14H2,1-3H3. The molecule has 190 valence electrons. The van der Waals surface area contributed by atoms with Crippen molar-refractivity contribution in [2.75, 3.05) is 6.67 Å². The molecular formula is C23H26FN7O4S. The number of sulfonamides is 1. The molecule has 3 heterocycles. The zero-order valence-electron chi connectivity index (χ0n) is 20.1. The first-order chi connectivity index (χ1) is 17.0. The van der Waals surface area contributed by atoms with Gasteiger partial charge in [0.05, 0.1) is 52.0 Å². The molecular weight excluding hydrogens is 489 g/mol. The lowest BCUT2D eigenvalue weighted by atomic mass is 10.2. The van der Waals surface area contributed by atoms with Gasteiger partial charge in [-0.05, 0) is 44.0 Å². The molecule has 1 aliphatic rings. The average molecular weight is 516 g/mol. The summed E-state index contributed by atoms with van der Waals surface area (Å²) in [7, 11) is -0.596. The van der Waals surface area contributed by atoms with Gasteiger partial charge in [-0.3, -0.25) is 23.3 Å². The van der Waals surface area contributed by atoms with Gasteiger partial charge >= 0.3 is 5.69 Å². The molecule has 1 fully saturated rings. The van der Waals surface area contributed by atoms with Crippen LogP contribution in [-0.2, 0) is 37.2 Å². The molecule has 36 heavy (non-hydrogen) atoms. The van der Waals surface area contributed by atoms with E-state index < -0.39 is 33.5 Å². The van der Waals surface area contributed by atoms with Crippen LogP contribution in [0.2, 0.25) is 0 Å². The minimum atomic E-state index is -4.08. The highest BCUT2D eigenvalue weighted by Gasteiger charge is 2.46. The van der Waals surface area contributed by atoms with Crippen LogP contribution in [0.3, 0.4) is 0 Å². The van der Waals surface area contributed by atoms with Gasteiger partial charge in [0.2, 0.25) is 10.0 Å². The molecule has 1 aliphatic carbocycles. The number of nitrogens with zero attached hydrogens (tertiary/aromatic N) is 6. The van der Waals surface area contributed by atoms with Gasteiger partial charge < -0.3 is 0 Å². The van der Waals surface area contributed by atoms with E-state index in [1.54, 1.807) is 35.9 Å². The lowest BCUT2D eigenvalue weighted by Gasteiger charge is -2.16. The van der Waals surface area contributed by atoms with E-state index >= 15 is 0 Å². The van der Waals surface area contributed by atoms with Crippen molar-refractivity contribution in [2.24, 2.45) is 14.1 Å². The van der Waals surface area contributed by atoms with Crippen molar-refractivity contribution in [1.29, 1.82) is 0 Å². The van der Waals surface area contributed by atoms with Gasteiger partial charge in [0.15, 0.2) is 0 Å². The SMILES string of the molecule is Cc1cc(Cn2c(=O)n(Cc3cnn(C)c3)c(=O)c3cc(S(=O)(=O)NC4(CF)CC4)ccc32)n(C)n1. The fourth-order valence-electron chi connectivity index (χ4n) is 4.33. The van der Waals surface area contributed by atoms with E-state index in [-0.39, 0.29) is 28.9 Å². The first-order valence-electron chi connectivity index (χ1n) is 11.4. The molecule has 13 heteroatoms. The molecule has 1 N–H and O–H groups in total. The molecule has 11 nitrogen and oxygen atoms in total. The van der Waals surface area contributed by atoms with Gasteiger partial charge in [0, 0.05) is 25.9 Å². The van der Waals surface area contributed by atoms with E-state index in [1.807, 2.05) is 13.0 Å². The first kappa shape index (κ1) is 24.1. The maximum Gasteiger partial charge on any atom is 0.332 e. The Hall–Kier alpha value is -3.58. The Balaban J connectivity index is 1.69. The molecule has 4 aromatic rings. The lowest BCUT2D eigenvalue weighted by Crippen LogP contribution is -2.41. The summed E-state index contributed by atoms with van der Waals surface area (Å²) in [6.07, 6.45) is 4.08. The molecule has 0 radical (unpaired) electrons. The van der Waals surface area contributed by atoms with E-state index in [1.165, 1.54) is 22.8 Å². The third kappa shape index (κ3) is 4.28. The molecule has 0 unspecified atom stereocenters. The molecule has 5 rings (SSSR count). The molecule has 0 amide bonds. The fourth-order valence-corrected chi connectivity index (χ4v) is 5.80.